The number of nitrogens with zero attached hydrogens (tertiary/aromatic N) is 4. The van der Waals surface area contributed by atoms with Gasteiger partial charge in [-0.05, 0) is 31.5 Å². The topological polar surface area (TPSA) is 64.8 Å². The van der Waals surface area contributed by atoms with Gasteiger partial charge in [-0.3, -0.25) is 0 Å². The SMILES string of the molecule is CCN(CCNc1nccnc1C#N)c1cccc(C)c1. The molecule has 0 saturated carbocycles. The van der Waals surface area contributed by atoms with Gasteiger partial charge in [0.25, 0.3) is 0 Å². The van der Waals surface area contributed by atoms with Crippen molar-refractivity contribution in [2.45, 2.75) is 13.8 Å². The summed E-state index contributed by atoms with van der Waals surface area (Å²) in [5.74, 6) is 0.542. The minimum absolute atomic E-state index is 0.330. The van der Waals surface area contributed by atoms with Gasteiger partial charge in [0.05, 0.1) is 0 Å². The Kier molecular flexibility index (Phi) is 5.10. The summed E-state index contributed by atoms with van der Waals surface area (Å²) in [7, 11) is 0. The average molecular weight is 281 g/mol. The lowest BCUT2D eigenvalue weighted by Gasteiger charge is -2.23. The second-order valence-electron chi connectivity index (χ2n) is 4.71. The molecule has 5 nitrogen and oxygen atoms in total. The molecular formula is C16H19N5. The van der Waals surface area contributed by atoms with Crippen molar-refractivity contribution in [1.82, 2.24) is 9.97 Å². The molecule has 5 heteroatoms. The van der Waals surface area contributed by atoms with E-state index in [1.54, 1.807) is 6.20 Å². The lowest BCUT2D eigenvalue weighted by atomic mass is 10.2. The summed E-state index contributed by atoms with van der Waals surface area (Å²) in [6, 6.07) is 10.5. The van der Waals surface area contributed by atoms with E-state index in [1.807, 2.05) is 6.07 Å². The fraction of sp³-hybridized carbons (Fsp3) is 0.312. The Morgan fingerprint density at radius 1 is 1.29 bits per heavy atom. The minimum atomic E-state index is 0.330. The van der Waals surface area contributed by atoms with Crippen molar-refractivity contribution in [2.75, 3.05) is 29.9 Å². The van der Waals surface area contributed by atoms with Gasteiger partial charge in [-0.15, -0.1) is 0 Å². The van der Waals surface area contributed by atoms with Crippen molar-refractivity contribution >= 4 is 11.5 Å². The van der Waals surface area contributed by atoms with Crippen LogP contribution in [0.3, 0.4) is 0 Å². The molecule has 0 aliphatic rings. The molecular weight excluding hydrogens is 262 g/mol. The zero-order valence-corrected chi connectivity index (χ0v) is 12.4. The van der Waals surface area contributed by atoms with E-state index >= 15 is 0 Å². The molecule has 1 heterocycles. The Bertz CT molecular complexity index is 633. The average Bonchev–Trinajstić information content (AvgIpc) is 2.52. The van der Waals surface area contributed by atoms with Crippen LogP contribution in [0, 0.1) is 18.3 Å². The first-order valence-corrected chi connectivity index (χ1v) is 7.01. The van der Waals surface area contributed by atoms with Crippen molar-refractivity contribution in [1.29, 1.82) is 5.26 Å². The number of likely N-dealkylation sites (N-methyl/N-ethyl adjacent to an activating group) is 1. The molecule has 0 aliphatic carbocycles. The van der Waals surface area contributed by atoms with Crippen LogP contribution in [0.2, 0.25) is 0 Å². The highest BCUT2D eigenvalue weighted by Gasteiger charge is 2.06. The lowest BCUT2D eigenvalue weighted by Crippen LogP contribution is -2.29. The number of benzene rings is 1. The smallest absolute Gasteiger partial charge is 0.182 e. The molecule has 108 valence electrons. The van der Waals surface area contributed by atoms with Crippen molar-refractivity contribution in [3.8, 4) is 6.07 Å². The third kappa shape index (κ3) is 3.93. The fourth-order valence-electron chi connectivity index (χ4n) is 2.15. The first-order valence-electron chi connectivity index (χ1n) is 7.01. The van der Waals surface area contributed by atoms with Gasteiger partial charge in [0.1, 0.15) is 6.07 Å². The quantitative estimate of drug-likeness (QED) is 0.881. The molecule has 1 aromatic carbocycles. The maximum atomic E-state index is 8.98. The Hall–Kier alpha value is -2.61. The summed E-state index contributed by atoms with van der Waals surface area (Å²) in [4.78, 5) is 10.4. The number of nitriles is 1. The highest BCUT2D eigenvalue weighted by atomic mass is 15.1. The maximum absolute atomic E-state index is 8.98. The number of nitrogens with one attached hydrogen (secondary N) is 1. The summed E-state index contributed by atoms with van der Waals surface area (Å²) in [6.45, 7) is 6.69. The van der Waals surface area contributed by atoms with E-state index in [0.717, 1.165) is 13.1 Å². The minimum Gasteiger partial charge on any atom is -0.370 e. The van der Waals surface area contributed by atoms with Gasteiger partial charge in [-0.25, -0.2) is 9.97 Å². The van der Waals surface area contributed by atoms with Crippen LogP contribution in [0.5, 0.6) is 0 Å². The Morgan fingerprint density at radius 2 is 2.10 bits per heavy atom. The summed E-state index contributed by atoms with van der Waals surface area (Å²) in [5, 5.41) is 12.2. The van der Waals surface area contributed by atoms with E-state index < -0.39 is 0 Å². The van der Waals surface area contributed by atoms with Gasteiger partial charge >= 0.3 is 0 Å². The normalized spacial score (nSPS) is 9.95. The van der Waals surface area contributed by atoms with Crippen LogP contribution in [-0.2, 0) is 0 Å². The van der Waals surface area contributed by atoms with E-state index in [0.29, 0.717) is 18.1 Å². The van der Waals surface area contributed by atoms with Crippen LogP contribution in [0.4, 0.5) is 11.5 Å². The second kappa shape index (κ2) is 7.25. The van der Waals surface area contributed by atoms with Crippen LogP contribution in [0.25, 0.3) is 0 Å². The molecule has 0 spiro atoms. The number of hydrogen-bond donors (Lipinski definition) is 1. The highest BCUT2D eigenvalue weighted by Crippen LogP contribution is 2.15. The predicted molar refractivity (Wildman–Crippen MR) is 84.3 cm³/mol. The fourth-order valence-corrected chi connectivity index (χ4v) is 2.15. The van der Waals surface area contributed by atoms with Crippen LogP contribution in [-0.4, -0.2) is 29.6 Å². The van der Waals surface area contributed by atoms with E-state index in [2.05, 4.69) is 58.3 Å². The molecule has 2 rings (SSSR count). The Balaban J connectivity index is 1.97. The monoisotopic (exact) mass is 281 g/mol. The van der Waals surface area contributed by atoms with E-state index in [1.165, 1.54) is 17.4 Å². The van der Waals surface area contributed by atoms with Crippen molar-refractivity contribution in [3.63, 3.8) is 0 Å². The standard InChI is InChI=1S/C16H19N5/c1-3-21(14-6-4-5-13(2)11-14)10-9-20-16-15(12-17)18-7-8-19-16/h4-8,11H,3,9-10H2,1-2H3,(H,19,20). The van der Waals surface area contributed by atoms with Gasteiger partial charge in [0, 0.05) is 37.7 Å². The Labute approximate surface area is 125 Å². The summed E-state index contributed by atoms with van der Waals surface area (Å²) in [6.07, 6.45) is 3.11. The van der Waals surface area contributed by atoms with Crippen LogP contribution in [0.15, 0.2) is 36.7 Å². The largest absolute Gasteiger partial charge is 0.370 e. The van der Waals surface area contributed by atoms with Crippen LogP contribution < -0.4 is 10.2 Å². The number of rotatable bonds is 6. The Morgan fingerprint density at radius 3 is 2.81 bits per heavy atom. The molecule has 0 saturated heterocycles. The molecule has 0 radical (unpaired) electrons. The van der Waals surface area contributed by atoms with Gasteiger partial charge in [-0.1, -0.05) is 12.1 Å². The molecule has 0 unspecified atom stereocenters. The molecule has 1 aromatic heterocycles. The number of anilines is 2. The van der Waals surface area contributed by atoms with Crippen LogP contribution in [0.1, 0.15) is 18.2 Å². The molecule has 0 bridgehead atoms. The predicted octanol–water partition coefficient (Wildman–Crippen LogP) is 2.60. The number of aromatic nitrogens is 2. The zero-order chi connectivity index (χ0) is 15.1. The molecule has 1 N–H and O–H groups in total. The van der Waals surface area contributed by atoms with Gasteiger partial charge in [0.15, 0.2) is 11.5 Å². The zero-order valence-electron chi connectivity index (χ0n) is 12.4. The first-order chi connectivity index (χ1) is 10.2. The highest BCUT2D eigenvalue weighted by molar-refractivity contribution is 5.49. The summed E-state index contributed by atoms with van der Waals surface area (Å²) in [5.41, 5.74) is 2.79. The molecule has 0 aliphatic heterocycles. The van der Waals surface area contributed by atoms with Gasteiger partial charge in [-0.2, -0.15) is 5.26 Å². The molecule has 2 aromatic rings. The van der Waals surface area contributed by atoms with Crippen LogP contribution >= 0.6 is 0 Å². The third-order valence-electron chi connectivity index (χ3n) is 3.23. The summed E-state index contributed by atoms with van der Waals surface area (Å²) >= 11 is 0. The molecule has 21 heavy (non-hydrogen) atoms. The first kappa shape index (κ1) is 14.8. The van der Waals surface area contributed by atoms with E-state index in [9.17, 15) is 0 Å². The molecule has 0 fully saturated rings. The van der Waals surface area contributed by atoms with Crippen molar-refractivity contribution in [3.05, 3.63) is 47.9 Å². The van der Waals surface area contributed by atoms with E-state index in [-0.39, 0.29) is 0 Å². The number of aryl methyl sites for hydroxylation is 1. The number of hydrogen-bond acceptors (Lipinski definition) is 5. The van der Waals surface area contributed by atoms with Gasteiger partial charge < -0.3 is 10.2 Å². The summed E-state index contributed by atoms with van der Waals surface area (Å²) < 4.78 is 0. The second-order valence-corrected chi connectivity index (χ2v) is 4.71. The molecule has 0 amide bonds. The van der Waals surface area contributed by atoms with Crippen molar-refractivity contribution in [2.24, 2.45) is 0 Å². The lowest BCUT2D eigenvalue weighted by molar-refractivity contribution is 0.831. The van der Waals surface area contributed by atoms with Crippen molar-refractivity contribution < 1.29 is 0 Å². The van der Waals surface area contributed by atoms with E-state index in [4.69, 9.17) is 5.26 Å². The molecule has 0 atom stereocenters. The maximum Gasteiger partial charge on any atom is 0.182 e. The third-order valence-corrected chi connectivity index (χ3v) is 3.23. The van der Waals surface area contributed by atoms with Gasteiger partial charge in [0.2, 0.25) is 0 Å².